The summed E-state index contributed by atoms with van der Waals surface area (Å²) < 4.78 is 18.9. The highest BCUT2D eigenvalue weighted by Crippen LogP contribution is 2.09. The van der Waals surface area contributed by atoms with Crippen molar-refractivity contribution in [2.24, 2.45) is 0 Å². The van der Waals surface area contributed by atoms with Gasteiger partial charge in [-0.15, -0.1) is 0 Å². The van der Waals surface area contributed by atoms with Gasteiger partial charge in [-0.1, -0.05) is 18.2 Å². The first-order valence-corrected chi connectivity index (χ1v) is 8.65. The van der Waals surface area contributed by atoms with Gasteiger partial charge in [-0.25, -0.2) is 9.37 Å². The number of ether oxygens (including phenoxy) is 1. The Morgan fingerprint density at radius 1 is 1.08 bits per heavy atom. The molecule has 0 aliphatic carbocycles. The van der Waals surface area contributed by atoms with E-state index >= 15 is 0 Å². The molecule has 0 unspecified atom stereocenters. The van der Waals surface area contributed by atoms with E-state index in [-0.39, 0.29) is 5.82 Å². The van der Waals surface area contributed by atoms with Gasteiger partial charge in [0.1, 0.15) is 11.6 Å². The minimum absolute atomic E-state index is 0.169. The summed E-state index contributed by atoms with van der Waals surface area (Å²) in [5, 5.41) is 6.46. The van der Waals surface area contributed by atoms with Crippen molar-refractivity contribution in [2.75, 3.05) is 56.6 Å². The molecule has 25 heavy (non-hydrogen) atoms. The molecule has 0 saturated carbocycles. The molecule has 1 fully saturated rings. The topological polar surface area (TPSA) is 62.3 Å². The average Bonchev–Trinajstić information content (AvgIpc) is 2.65. The third-order valence-electron chi connectivity index (χ3n) is 4.13. The summed E-state index contributed by atoms with van der Waals surface area (Å²) in [5.41, 5.74) is 0.702. The quantitative estimate of drug-likeness (QED) is 0.763. The molecule has 1 aromatic carbocycles. The van der Waals surface area contributed by atoms with Gasteiger partial charge >= 0.3 is 0 Å². The van der Waals surface area contributed by atoms with Gasteiger partial charge in [0.2, 0.25) is 5.95 Å². The molecule has 2 N–H and O–H groups in total. The molecule has 1 aromatic heterocycles. The van der Waals surface area contributed by atoms with Crippen molar-refractivity contribution in [3.63, 3.8) is 0 Å². The summed E-state index contributed by atoms with van der Waals surface area (Å²) >= 11 is 0. The Morgan fingerprint density at radius 3 is 2.76 bits per heavy atom. The lowest BCUT2D eigenvalue weighted by molar-refractivity contribution is 0.0398. The predicted octanol–water partition coefficient (Wildman–Crippen LogP) is 2.01. The maximum Gasteiger partial charge on any atom is 0.224 e. The monoisotopic (exact) mass is 345 g/mol. The first-order valence-electron chi connectivity index (χ1n) is 8.65. The number of aromatic nitrogens is 2. The van der Waals surface area contributed by atoms with Gasteiger partial charge in [-0.2, -0.15) is 4.98 Å². The van der Waals surface area contributed by atoms with Crippen LogP contribution in [-0.4, -0.2) is 60.8 Å². The van der Waals surface area contributed by atoms with E-state index in [2.05, 4.69) is 25.5 Å². The lowest BCUT2D eigenvalue weighted by Crippen LogP contribution is -2.39. The predicted molar refractivity (Wildman–Crippen MR) is 96.4 cm³/mol. The number of nitrogens with one attached hydrogen (secondary N) is 2. The molecule has 0 bridgehead atoms. The molecule has 7 heteroatoms. The van der Waals surface area contributed by atoms with Crippen molar-refractivity contribution in [1.29, 1.82) is 0 Å². The van der Waals surface area contributed by atoms with Gasteiger partial charge in [0.25, 0.3) is 0 Å². The zero-order chi connectivity index (χ0) is 17.3. The fraction of sp³-hybridized carbons (Fsp3) is 0.444. The highest BCUT2D eigenvalue weighted by Gasteiger charge is 2.09. The molecule has 134 valence electrons. The largest absolute Gasteiger partial charge is 0.379 e. The Hall–Kier alpha value is -2.25. The van der Waals surface area contributed by atoms with Crippen LogP contribution in [0.3, 0.4) is 0 Å². The molecule has 1 aliphatic heterocycles. The third-order valence-corrected chi connectivity index (χ3v) is 4.13. The lowest BCUT2D eigenvalue weighted by atomic mass is 10.1. The normalized spacial score (nSPS) is 15.1. The summed E-state index contributed by atoms with van der Waals surface area (Å²) in [6.07, 6.45) is 2.33. The summed E-state index contributed by atoms with van der Waals surface area (Å²) in [7, 11) is 0. The summed E-state index contributed by atoms with van der Waals surface area (Å²) in [6.45, 7) is 5.90. The average molecular weight is 345 g/mol. The van der Waals surface area contributed by atoms with E-state index in [0.717, 1.165) is 45.2 Å². The summed E-state index contributed by atoms with van der Waals surface area (Å²) in [5.74, 6) is 1.17. The van der Waals surface area contributed by atoms with Gasteiger partial charge in [-0.05, 0) is 24.1 Å². The van der Waals surface area contributed by atoms with Crippen molar-refractivity contribution in [1.82, 2.24) is 14.9 Å². The van der Waals surface area contributed by atoms with Crippen LogP contribution >= 0.6 is 0 Å². The van der Waals surface area contributed by atoms with E-state index in [1.54, 1.807) is 18.3 Å². The van der Waals surface area contributed by atoms with Crippen LogP contribution in [0.1, 0.15) is 5.56 Å². The Labute approximate surface area is 147 Å². The molecule has 0 amide bonds. The van der Waals surface area contributed by atoms with Gasteiger partial charge < -0.3 is 15.4 Å². The number of hydrogen-bond acceptors (Lipinski definition) is 6. The smallest absolute Gasteiger partial charge is 0.224 e. The standard InChI is InChI=1S/C18H24FN5O/c19-16-4-2-1-3-15(16)5-7-20-17-6-8-21-18(23-17)22-9-10-24-11-13-25-14-12-24/h1-4,6,8H,5,7,9-14H2,(H2,20,21,22,23). The highest BCUT2D eigenvalue weighted by molar-refractivity contribution is 5.39. The van der Waals surface area contributed by atoms with Crippen molar-refractivity contribution in [3.05, 3.63) is 47.9 Å². The van der Waals surface area contributed by atoms with E-state index in [1.165, 1.54) is 6.07 Å². The molecule has 2 heterocycles. The Balaban J connectivity index is 1.42. The Morgan fingerprint density at radius 2 is 1.92 bits per heavy atom. The molecule has 6 nitrogen and oxygen atoms in total. The molecular weight excluding hydrogens is 321 g/mol. The van der Waals surface area contributed by atoms with Crippen LogP contribution in [0.5, 0.6) is 0 Å². The van der Waals surface area contributed by atoms with E-state index in [1.807, 2.05) is 12.1 Å². The van der Waals surface area contributed by atoms with Gasteiger partial charge in [0.15, 0.2) is 0 Å². The summed E-state index contributed by atoms with van der Waals surface area (Å²) in [6, 6.07) is 8.64. The van der Waals surface area contributed by atoms with Crippen LogP contribution in [-0.2, 0) is 11.2 Å². The zero-order valence-electron chi connectivity index (χ0n) is 14.2. The molecule has 0 atom stereocenters. The number of morpholine rings is 1. The van der Waals surface area contributed by atoms with E-state index in [0.29, 0.717) is 24.5 Å². The first kappa shape index (κ1) is 17.6. The summed E-state index contributed by atoms with van der Waals surface area (Å²) in [4.78, 5) is 11.0. The van der Waals surface area contributed by atoms with Crippen LogP contribution < -0.4 is 10.6 Å². The van der Waals surface area contributed by atoms with E-state index in [4.69, 9.17) is 4.74 Å². The number of anilines is 2. The fourth-order valence-corrected chi connectivity index (χ4v) is 2.72. The van der Waals surface area contributed by atoms with Crippen LogP contribution in [0.25, 0.3) is 0 Å². The Kier molecular flexibility index (Phi) is 6.53. The number of benzene rings is 1. The van der Waals surface area contributed by atoms with E-state index < -0.39 is 0 Å². The van der Waals surface area contributed by atoms with Crippen LogP contribution in [0.4, 0.5) is 16.2 Å². The number of rotatable bonds is 8. The van der Waals surface area contributed by atoms with Gasteiger partial charge in [-0.3, -0.25) is 4.90 Å². The molecular formula is C18H24FN5O. The minimum Gasteiger partial charge on any atom is -0.379 e. The lowest BCUT2D eigenvalue weighted by Gasteiger charge is -2.26. The Bertz CT molecular complexity index is 663. The number of hydrogen-bond donors (Lipinski definition) is 2. The second-order valence-electron chi connectivity index (χ2n) is 5.91. The maximum atomic E-state index is 13.6. The van der Waals surface area contributed by atoms with Gasteiger partial charge in [0, 0.05) is 38.9 Å². The van der Waals surface area contributed by atoms with E-state index in [9.17, 15) is 4.39 Å². The van der Waals surface area contributed by atoms with Crippen molar-refractivity contribution in [3.8, 4) is 0 Å². The number of nitrogens with zero attached hydrogens (tertiary/aromatic N) is 3. The minimum atomic E-state index is -0.169. The third kappa shape index (κ3) is 5.65. The zero-order valence-corrected chi connectivity index (χ0v) is 14.2. The number of halogens is 1. The molecule has 0 spiro atoms. The second kappa shape index (κ2) is 9.29. The maximum absolute atomic E-state index is 13.6. The molecule has 1 aliphatic rings. The van der Waals surface area contributed by atoms with Crippen molar-refractivity contribution in [2.45, 2.75) is 6.42 Å². The highest BCUT2D eigenvalue weighted by atomic mass is 19.1. The molecule has 3 rings (SSSR count). The van der Waals surface area contributed by atoms with Crippen LogP contribution in [0.15, 0.2) is 36.5 Å². The van der Waals surface area contributed by atoms with Crippen LogP contribution in [0, 0.1) is 5.82 Å². The van der Waals surface area contributed by atoms with Gasteiger partial charge in [0.05, 0.1) is 13.2 Å². The second-order valence-corrected chi connectivity index (χ2v) is 5.91. The fourth-order valence-electron chi connectivity index (χ4n) is 2.72. The van der Waals surface area contributed by atoms with Crippen molar-refractivity contribution < 1.29 is 9.13 Å². The molecule has 2 aromatic rings. The molecule has 1 saturated heterocycles. The van der Waals surface area contributed by atoms with Crippen LogP contribution in [0.2, 0.25) is 0 Å². The molecule has 0 radical (unpaired) electrons. The van der Waals surface area contributed by atoms with Crippen molar-refractivity contribution >= 4 is 11.8 Å². The SMILES string of the molecule is Fc1ccccc1CCNc1ccnc(NCCN2CCOCC2)n1. The first-order chi connectivity index (χ1) is 12.3.